The van der Waals surface area contributed by atoms with Gasteiger partial charge in [0.1, 0.15) is 9.88 Å². The minimum Gasteiger partial charge on any atom is -0.366 e. The van der Waals surface area contributed by atoms with Gasteiger partial charge in [-0.15, -0.1) is 11.3 Å². The second kappa shape index (κ2) is 3.65. The van der Waals surface area contributed by atoms with Crippen LogP contribution in [0.1, 0.15) is 15.6 Å². The maximum atomic E-state index is 12.4. The number of nitrogens with two attached hydrogens (primary N) is 1. The topological polar surface area (TPSA) is 56.0 Å². The molecule has 1 amide bonds. The number of rotatable bonds is 2. The molecule has 0 atom stereocenters. The predicted molar refractivity (Wildman–Crippen MR) is 50.1 cm³/mol. The second-order valence-corrected chi connectivity index (χ2v) is 3.77. The van der Waals surface area contributed by atoms with Crippen LogP contribution in [0, 0.1) is 6.92 Å². The molecule has 15 heavy (non-hydrogen) atoms. The first-order chi connectivity index (χ1) is 6.73. The number of primary amides is 1. The minimum atomic E-state index is -4.46. The van der Waals surface area contributed by atoms with E-state index in [1.54, 1.807) is 0 Å². The molecule has 0 radical (unpaired) electrons. The van der Waals surface area contributed by atoms with Crippen LogP contribution in [0.5, 0.6) is 0 Å². The number of nitrogens with zero attached hydrogens (tertiary/aromatic N) is 1. The molecule has 0 unspecified atom stereocenters. The fraction of sp³-hybridized carbons (Fsp3) is 0.250. The Kier molecular flexibility index (Phi) is 2.85. The van der Waals surface area contributed by atoms with Crippen molar-refractivity contribution >= 4 is 22.8 Å². The van der Waals surface area contributed by atoms with Crippen molar-refractivity contribution in [3.05, 3.63) is 22.2 Å². The number of hydrogen-bond donors (Lipinski definition) is 1. The summed E-state index contributed by atoms with van der Waals surface area (Å²) in [5.74, 6) is -0.877. The lowest BCUT2D eigenvalue weighted by Gasteiger charge is -2.01. The summed E-state index contributed by atoms with van der Waals surface area (Å²) in [5, 5.41) is -0.0904. The van der Waals surface area contributed by atoms with Crippen molar-refractivity contribution < 1.29 is 18.0 Å². The van der Waals surface area contributed by atoms with Crippen LogP contribution < -0.4 is 5.73 Å². The second-order valence-electron chi connectivity index (χ2n) is 2.77. The van der Waals surface area contributed by atoms with Gasteiger partial charge in [-0.3, -0.25) is 4.79 Å². The molecular weight excluding hydrogens is 229 g/mol. The molecule has 0 aromatic carbocycles. The Labute approximate surface area is 87.4 Å². The average molecular weight is 236 g/mol. The van der Waals surface area contributed by atoms with Gasteiger partial charge in [0.05, 0.1) is 11.3 Å². The molecule has 0 bridgehead atoms. The van der Waals surface area contributed by atoms with Crippen LogP contribution >= 0.6 is 11.3 Å². The Bertz CT molecular complexity index is 422. The molecule has 0 aliphatic carbocycles. The molecule has 1 heterocycles. The maximum Gasteiger partial charge on any atom is 0.427 e. The van der Waals surface area contributed by atoms with E-state index in [0.29, 0.717) is 11.3 Å². The van der Waals surface area contributed by atoms with Crippen molar-refractivity contribution in [2.45, 2.75) is 13.1 Å². The summed E-state index contributed by atoms with van der Waals surface area (Å²) >= 11 is 0.366. The number of alkyl halides is 3. The van der Waals surface area contributed by atoms with Crippen molar-refractivity contribution in [2.75, 3.05) is 0 Å². The summed E-state index contributed by atoms with van der Waals surface area (Å²) < 4.78 is 37.1. The zero-order chi connectivity index (χ0) is 11.8. The van der Waals surface area contributed by atoms with E-state index in [4.69, 9.17) is 5.73 Å². The van der Waals surface area contributed by atoms with Crippen LogP contribution in [0.3, 0.4) is 0 Å². The van der Waals surface area contributed by atoms with Gasteiger partial charge in [0.2, 0.25) is 0 Å². The SMILES string of the molecule is C=C(C(N)=O)c1nc(C)c(C(F)(F)F)s1. The first kappa shape index (κ1) is 11.7. The monoisotopic (exact) mass is 236 g/mol. The molecule has 0 saturated carbocycles. The summed E-state index contributed by atoms with van der Waals surface area (Å²) in [4.78, 5) is 13.4. The molecule has 0 spiro atoms. The lowest BCUT2D eigenvalue weighted by molar-refractivity contribution is -0.134. The Balaban J connectivity index is 3.17. The maximum absolute atomic E-state index is 12.4. The van der Waals surface area contributed by atoms with Crippen molar-refractivity contribution in [1.82, 2.24) is 4.98 Å². The zero-order valence-corrected chi connectivity index (χ0v) is 8.50. The number of halogens is 3. The van der Waals surface area contributed by atoms with Crippen molar-refractivity contribution in [3.63, 3.8) is 0 Å². The van der Waals surface area contributed by atoms with E-state index in [2.05, 4.69) is 11.6 Å². The quantitative estimate of drug-likeness (QED) is 0.798. The minimum absolute atomic E-state index is 0.0904. The third-order valence-corrected chi connectivity index (χ3v) is 2.87. The van der Waals surface area contributed by atoms with Gasteiger partial charge in [0.25, 0.3) is 5.91 Å². The third-order valence-electron chi connectivity index (χ3n) is 1.61. The number of thiazole rings is 1. The van der Waals surface area contributed by atoms with E-state index in [1.807, 2.05) is 0 Å². The number of aromatic nitrogens is 1. The molecule has 82 valence electrons. The van der Waals surface area contributed by atoms with Crippen molar-refractivity contribution in [3.8, 4) is 0 Å². The molecule has 1 rings (SSSR count). The van der Waals surface area contributed by atoms with E-state index in [9.17, 15) is 18.0 Å². The van der Waals surface area contributed by atoms with E-state index in [0.717, 1.165) is 0 Å². The summed E-state index contributed by atoms with van der Waals surface area (Å²) in [6.45, 7) is 4.49. The molecule has 0 saturated heterocycles. The molecular formula is C8H7F3N2OS. The molecule has 1 aromatic heterocycles. The highest BCUT2D eigenvalue weighted by Gasteiger charge is 2.36. The number of aryl methyl sites for hydroxylation is 1. The van der Waals surface area contributed by atoms with Crippen molar-refractivity contribution in [2.24, 2.45) is 5.73 Å². The lowest BCUT2D eigenvalue weighted by Crippen LogP contribution is -2.11. The van der Waals surface area contributed by atoms with Gasteiger partial charge in [0, 0.05) is 0 Å². The van der Waals surface area contributed by atoms with Crippen LogP contribution in [0.25, 0.3) is 5.57 Å². The molecule has 0 aliphatic rings. The lowest BCUT2D eigenvalue weighted by atomic mass is 10.3. The highest BCUT2D eigenvalue weighted by molar-refractivity contribution is 7.13. The summed E-state index contributed by atoms with van der Waals surface area (Å²) in [7, 11) is 0. The normalized spacial score (nSPS) is 11.5. The van der Waals surface area contributed by atoms with E-state index in [1.165, 1.54) is 6.92 Å². The fourth-order valence-electron chi connectivity index (χ4n) is 0.894. The average Bonchev–Trinajstić information content (AvgIpc) is 2.44. The predicted octanol–water partition coefficient (Wildman–Crippen LogP) is 1.97. The van der Waals surface area contributed by atoms with Gasteiger partial charge in [-0.25, -0.2) is 4.98 Å². The van der Waals surface area contributed by atoms with Gasteiger partial charge in [-0.2, -0.15) is 13.2 Å². The van der Waals surface area contributed by atoms with Crippen LogP contribution in [0.15, 0.2) is 6.58 Å². The number of carbonyl (C=O) groups excluding carboxylic acids is 1. The van der Waals surface area contributed by atoms with Crippen LogP contribution in [0.2, 0.25) is 0 Å². The zero-order valence-electron chi connectivity index (χ0n) is 7.68. The Morgan fingerprint density at radius 2 is 2.07 bits per heavy atom. The molecule has 3 nitrogen and oxygen atoms in total. The summed E-state index contributed by atoms with van der Waals surface area (Å²) in [5.41, 5.74) is 4.50. The Morgan fingerprint density at radius 1 is 1.53 bits per heavy atom. The van der Waals surface area contributed by atoms with Gasteiger partial charge in [-0.1, -0.05) is 6.58 Å². The number of amides is 1. The molecule has 1 aromatic rings. The smallest absolute Gasteiger partial charge is 0.366 e. The molecule has 7 heteroatoms. The molecule has 2 N–H and O–H groups in total. The molecule has 0 aliphatic heterocycles. The van der Waals surface area contributed by atoms with Crippen LogP contribution in [0.4, 0.5) is 13.2 Å². The Morgan fingerprint density at radius 3 is 2.40 bits per heavy atom. The number of carbonyl (C=O) groups is 1. The van der Waals surface area contributed by atoms with E-state index < -0.39 is 17.0 Å². The van der Waals surface area contributed by atoms with Gasteiger partial charge in [0.15, 0.2) is 0 Å². The van der Waals surface area contributed by atoms with Gasteiger partial charge >= 0.3 is 6.18 Å². The van der Waals surface area contributed by atoms with Gasteiger partial charge in [-0.05, 0) is 6.92 Å². The first-order valence-electron chi connectivity index (χ1n) is 3.77. The summed E-state index contributed by atoms with van der Waals surface area (Å²) in [6.07, 6.45) is -4.46. The standard InChI is InChI=1S/C8H7F3N2OS/c1-3(6(12)14)7-13-4(2)5(15-7)8(9,10)11/h1H2,2H3,(H2,12,14). The Hall–Kier alpha value is -1.37. The van der Waals surface area contributed by atoms with Crippen LogP contribution in [-0.4, -0.2) is 10.9 Å². The first-order valence-corrected chi connectivity index (χ1v) is 4.59. The number of hydrogen-bond acceptors (Lipinski definition) is 3. The summed E-state index contributed by atoms with van der Waals surface area (Å²) in [6, 6.07) is 0. The third kappa shape index (κ3) is 2.35. The highest BCUT2D eigenvalue weighted by Crippen LogP contribution is 2.37. The van der Waals surface area contributed by atoms with E-state index in [-0.39, 0.29) is 16.3 Å². The van der Waals surface area contributed by atoms with E-state index >= 15 is 0 Å². The van der Waals surface area contributed by atoms with Crippen LogP contribution in [-0.2, 0) is 11.0 Å². The van der Waals surface area contributed by atoms with Gasteiger partial charge < -0.3 is 5.73 Å². The fourth-order valence-corrected chi connectivity index (χ4v) is 1.80. The highest BCUT2D eigenvalue weighted by atomic mass is 32.1. The largest absolute Gasteiger partial charge is 0.427 e. The van der Waals surface area contributed by atoms with Crippen molar-refractivity contribution in [1.29, 1.82) is 0 Å². The molecule has 0 fully saturated rings.